The minimum Gasteiger partial charge on any atom is -0.476 e. The van der Waals surface area contributed by atoms with Gasteiger partial charge < -0.3 is 5.11 Å². The minimum absolute atomic E-state index is 0. The van der Waals surface area contributed by atoms with Crippen molar-refractivity contribution in [3.8, 4) is 0 Å². The van der Waals surface area contributed by atoms with Crippen molar-refractivity contribution in [1.29, 1.82) is 0 Å². The van der Waals surface area contributed by atoms with E-state index in [1.807, 2.05) is 0 Å². The fourth-order valence-electron chi connectivity index (χ4n) is 0. The van der Waals surface area contributed by atoms with E-state index < -0.39 is 11.8 Å². The summed E-state index contributed by atoms with van der Waals surface area (Å²) in [6.45, 7) is 1.00. The molecule has 0 heterocycles. The van der Waals surface area contributed by atoms with Gasteiger partial charge in [-0.05, 0) is 0 Å². The summed E-state index contributed by atoms with van der Waals surface area (Å²) in [6.07, 6.45) is 0. The molecular formula is C3H4MnO3+2. The number of carboxylic acid groups (broad SMARTS) is 1. The second-order valence-corrected chi connectivity index (χ2v) is 0.861. The molecular weight excluding hydrogens is 139 g/mol. The van der Waals surface area contributed by atoms with E-state index in [9.17, 15) is 9.59 Å². The van der Waals surface area contributed by atoms with Gasteiger partial charge in [-0.1, -0.05) is 0 Å². The van der Waals surface area contributed by atoms with Crippen LogP contribution in [0.3, 0.4) is 0 Å². The van der Waals surface area contributed by atoms with Crippen molar-refractivity contribution in [3.63, 3.8) is 0 Å². The van der Waals surface area contributed by atoms with Crippen molar-refractivity contribution in [2.24, 2.45) is 0 Å². The summed E-state index contributed by atoms with van der Waals surface area (Å²) in [5.41, 5.74) is 0. The van der Waals surface area contributed by atoms with Gasteiger partial charge in [-0.25, -0.2) is 4.79 Å². The van der Waals surface area contributed by atoms with Gasteiger partial charge in [-0.3, -0.25) is 4.79 Å². The summed E-state index contributed by atoms with van der Waals surface area (Å²) in [5.74, 6) is -2.20. The Bertz CT molecular complexity index is 76.2. The van der Waals surface area contributed by atoms with Crippen LogP contribution in [0.25, 0.3) is 0 Å². The van der Waals surface area contributed by atoms with Crippen LogP contribution in [-0.4, -0.2) is 16.9 Å². The zero-order valence-electron chi connectivity index (χ0n) is 3.64. The average Bonchev–Trinajstić information content (AvgIpc) is 1.36. The van der Waals surface area contributed by atoms with Crippen LogP contribution in [0.15, 0.2) is 0 Å². The van der Waals surface area contributed by atoms with Crippen LogP contribution in [-0.2, 0) is 26.7 Å². The number of hydrogen-bond donors (Lipinski definition) is 1. The molecule has 39 valence electrons. The number of ketones is 1. The fraction of sp³-hybridized carbons (Fsp3) is 0.333. The Morgan fingerprint density at radius 2 is 1.57 bits per heavy atom. The monoisotopic (exact) mass is 143 g/mol. The van der Waals surface area contributed by atoms with Crippen molar-refractivity contribution < 1.29 is 31.8 Å². The van der Waals surface area contributed by atoms with Crippen molar-refractivity contribution in [3.05, 3.63) is 0 Å². The third-order valence-electron chi connectivity index (χ3n) is 0.301. The first-order chi connectivity index (χ1) is 2.64. The smallest absolute Gasteiger partial charge is 0.476 e. The Balaban J connectivity index is 0. The summed E-state index contributed by atoms with van der Waals surface area (Å²) in [5, 5.41) is 7.64. The van der Waals surface area contributed by atoms with Crippen molar-refractivity contribution in [2.75, 3.05) is 0 Å². The van der Waals surface area contributed by atoms with Crippen LogP contribution in [0.5, 0.6) is 0 Å². The van der Waals surface area contributed by atoms with E-state index in [0.29, 0.717) is 0 Å². The molecule has 0 aromatic rings. The maximum Gasteiger partial charge on any atom is 2.00 e. The van der Waals surface area contributed by atoms with Gasteiger partial charge >= 0.3 is 23.0 Å². The number of Topliss-reactive ketones (excluding diaryl/α,β-unsaturated/α-hetero) is 1. The Kier molecular flexibility index (Phi) is 5.38. The summed E-state index contributed by atoms with van der Waals surface area (Å²) < 4.78 is 0. The van der Waals surface area contributed by atoms with Gasteiger partial charge in [-0.2, -0.15) is 0 Å². The molecule has 0 saturated heterocycles. The van der Waals surface area contributed by atoms with E-state index in [4.69, 9.17) is 5.11 Å². The van der Waals surface area contributed by atoms with E-state index >= 15 is 0 Å². The molecule has 7 heavy (non-hydrogen) atoms. The third kappa shape index (κ3) is 5.66. The molecule has 0 aliphatic carbocycles. The van der Waals surface area contributed by atoms with Crippen LogP contribution in [0, 0.1) is 0 Å². The van der Waals surface area contributed by atoms with E-state index in [1.165, 1.54) is 0 Å². The van der Waals surface area contributed by atoms with E-state index in [-0.39, 0.29) is 17.1 Å². The van der Waals surface area contributed by atoms with Crippen LogP contribution in [0.1, 0.15) is 6.92 Å². The zero-order chi connectivity index (χ0) is 5.15. The summed E-state index contributed by atoms with van der Waals surface area (Å²) >= 11 is 0. The molecule has 0 aliphatic rings. The largest absolute Gasteiger partial charge is 2.00 e. The number of carboxylic acids is 1. The maximum absolute atomic E-state index is 9.54. The van der Waals surface area contributed by atoms with Gasteiger partial charge in [0.15, 0.2) is 0 Å². The predicted molar refractivity (Wildman–Crippen MR) is 18.3 cm³/mol. The topological polar surface area (TPSA) is 54.4 Å². The van der Waals surface area contributed by atoms with E-state index in [0.717, 1.165) is 6.92 Å². The average molecular weight is 143 g/mol. The van der Waals surface area contributed by atoms with Gasteiger partial charge in [0.1, 0.15) is 0 Å². The first-order valence-corrected chi connectivity index (χ1v) is 1.38. The molecule has 0 aromatic heterocycles. The van der Waals surface area contributed by atoms with Crippen molar-refractivity contribution in [2.45, 2.75) is 6.92 Å². The number of hydrogen-bond acceptors (Lipinski definition) is 2. The molecule has 0 saturated carbocycles. The van der Waals surface area contributed by atoms with Crippen molar-refractivity contribution in [1.82, 2.24) is 0 Å². The van der Waals surface area contributed by atoms with Gasteiger partial charge in [0.05, 0.1) is 0 Å². The predicted octanol–water partition coefficient (Wildman–Crippen LogP) is -0.343. The van der Waals surface area contributed by atoms with Crippen LogP contribution in [0.4, 0.5) is 0 Å². The molecule has 0 amide bonds. The molecule has 0 aromatic carbocycles. The van der Waals surface area contributed by atoms with E-state index in [1.54, 1.807) is 0 Å². The Hall–Kier alpha value is -0.341. The summed E-state index contributed by atoms with van der Waals surface area (Å²) in [7, 11) is 0. The van der Waals surface area contributed by atoms with Crippen LogP contribution >= 0.6 is 0 Å². The van der Waals surface area contributed by atoms with Crippen molar-refractivity contribution >= 4 is 11.8 Å². The number of rotatable bonds is 1. The molecule has 0 fully saturated rings. The molecule has 0 bridgehead atoms. The molecule has 4 heteroatoms. The first kappa shape index (κ1) is 9.82. The van der Waals surface area contributed by atoms with Gasteiger partial charge in [0.25, 0.3) is 0 Å². The molecule has 0 unspecified atom stereocenters. The van der Waals surface area contributed by atoms with Gasteiger partial charge in [0, 0.05) is 6.92 Å². The normalized spacial score (nSPS) is 6.43. The molecule has 1 radical (unpaired) electrons. The Labute approximate surface area is 51.2 Å². The Morgan fingerprint density at radius 1 is 1.43 bits per heavy atom. The van der Waals surface area contributed by atoms with Crippen LogP contribution < -0.4 is 0 Å². The molecule has 0 atom stereocenters. The summed E-state index contributed by atoms with van der Waals surface area (Å²) in [6, 6.07) is 0. The summed E-state index contributed by atoms with van der Waals surface area (Å²) in [4.78, 5) is 18.9. The fourth-order valence-corrected chi connectivity index (χ4v) is 0. The molecule has 0 aliphatic heterocycles. The van der Waals surface area contributed by atoms with E-state index in [2.05, 4.69) is 0 Å². The standard InChI is InChI=1S/C3H4O3.Mn/c1-2(4)3(5)6;/h1H3,(H,5,6);/q;+2. The third-order valence-corrected chi connectivity index (χ3v) is 0.301. The zero-order valence-corrected chi connectivity index (χ0v) is 4.82. The Morgan fingerprint density at radius 3 is 1.57 bits per heavy atom. The molecule has 0 rings (SSSR count). The number of carbonyl (C=O) groups excluding carboxylic acids is 1. The second-order valence-electron chi connectivity index (χ2n) is 0.861. The van der Waals surface area contributed by atoms with Gasteiger partial charge in [0.2, 0.25) is 5.78 Å². The molecule has 3 nitrogen and oxygen atoms in total. The quantitative estimate of drug-likeness (QED) is 0.403. The van der Waals surface area contributed by atoms with Gasteiger partial charge in [-0.15, -0.1) is 0 Å². The second kappa shape index (κ2) is 3.84. The minimum atomic E-state index is -1.38. The number of aliphatic carboxylic acids is 1. The van der Waals surface area contributed by atoms with Crippen LogP contribution in [0.2, 0.25) is 0 Å². The number of carbonyl (C=O) groups is 2. The molecule has 0 spiro atoms. The SMILES string of the molecule is CC(=O)C(=O)O.[Mn+2]. The molecule has 1 N–H and O–H groups in total. The first-order valence-electron chi connectivity index (χ1n) is 1.38. The maximum atomic E-state index is 9.54.